The number of nitrogens with one attached hydrogen (secondary N) is 2. The second-order valence-electron chi connectivity index (χ2n) is 5.60. The van der Waals surface area contributed by atoms with Gasteiger partial charge in [-0.1, -0.05) is 6.07 Å². The molecule has 1 heterocycles. The SMILES string of the molecule is Cc1ccc(NC(=O)CCC2CCCNC2)cc1C. The number of benzene rings is 1. The Morgan fingerprint density at radius 2 is 2.21 bits per heavy atom. The van der Waals surface area contributed by atoms with Crippen molar-refractivity contribution < 1.29 is 4.79 Å². The highest BCUT2D eigenvalue weighted by molar-refractivity contribution is 5.90. The molecule has 1 saturated heterocycles. The van der Waals surface area contributed by atoms with Gasteiger partial charge < -0.3 is 10.6 Å². The third-order valence-electron chi connectivity index (χ3n) is 3.97. The van der Waals surface area contributed by atoms with Crippen molar-refractivity contribution in [2.75, 3.05) is 18.4 Å². The van der Waals surface area contributed by atoms with Gasteiger partial charge in [-0.2, -0.15) is 0 Å². The molecule has 0 bridgehead atoms. The lowest BCUT2D eigenvalue weighted by Gasteiger charge is -2.22. The molecule has 3 heteroatoms. The van der Waals surface area contributed by atoms with E-state index in [0.717, 1.165) is 25.2 Å². The molecule has 2 N–H and O–H groups in total. The molecule has 2 rings (SSSR count). The number of carbonyl (C=O) groups excluding carboxylic acids is 1. The molecule has 1 atom stereocenters. The molecule has 3 nitrogen and oxygen atoms in total. The van der Waals surface area contributed by atoms with Crippen molar-refractivity contribution in [3.05, 3.63) is 29.3 Å². The van der Waals surface area contributed by atoms with E-state index in [4.69, 9.17) is 0 Å². The lowest BCUT2D eigenvalue weighted by atomic mass is 9.94. The number of carbonyl (C=O) groups is 1. The van der Waals surface area contributed by atoms with Gasteiger partial charge in [-0.3, -0.25) is 4.79 Å². The first kappa shape index (κ1) is 14.1. The summed E-state index contributed by atoms with van der Waals surface area (Å²) in [6.07, 6.45) is 4.11. The minimum Gasteiger partial charge on any atom is -0.326 e. The Balaban J connectivity index is 1.78. The summed E-state index contributed by atoms with van der Waals surface area (Å²) in [5, 5.41) is 6.38. The van der Waals surface area contributed by atoms with E-state index >= 15 is 0 Å². The van der Waals surface area contributed by atoms with E-state index in [1.807, 2.05) is 12.1 Å². The van der Waals surface area contributed by atoms with Crippen LogP contribution in [0.25, 0.3) is 0 Å². The van der Waals surface area contributed by atoms with Gasteiger partial charge in [-0.15, -0.1) is 0 Å². The van der Waals surface area contributed by atoms with E-state index in [9.17, 15) is 4.79 Å². The molecule has 104 valence electrons. The zero-order chi connectivity index (χ0) is 13.7. The summed E-state index contributed by atoms with van der Waals surface area (Å²) in [5.41, 5.74) is 3.38. The van der Waals surface area contributed by atoms with Crippen molar-refractivity contribution in [1.82, 2.24) is 5.32 Å². The van der Waals surface area contributed by atoms with Crippen LogP contribution in [-0.2, 0) is 4.79 Å². The van der Waals surface area contributed by atoms with Crippen molar-refractivity contribution in [3.8, 4) is 0 Å². The third-order valence-corrected chi connectivity index (χ3v) is 3.97. The summed E-state index contributed by atoms with van der Waals surface area (Å²) in [7, 11) is 0. The average Bonchev–Trinajstić information content (AvgIpc) is 2.42. The average molecular weight is 260 g/mol. The molecule has 1 unspecified atom stereocenters. The van der Waals surface area contributed by atoms with E-state index in [1.54, 1.807) is 0 Å². The standard InChI is InChI=1S/C16H24N2O/c1-12-5-7-15(10-13(12)2)18-16(19)8-6-14-4-3-9-17-11-14/h5,7,10,14,17H,3-4,6,8-9,11H2,1-2H3,(H,18,19). The Labute approximate surface area is 115 Å². The molecule has 0 aliphatic carbocycles. The van der Waals surface area contributed by atoms with Crippen LogP contribution in [0.5, 0.6) is 0 Å². The second kappa shape index (κ2) is 6.71. The molecule has 1 fully saturated rings. The number of hydrogen-bond acceptors (Lipinski definition) is 2. The lowest BCUT2D eigenvalue weighted by Crippen LogP contribution is -2.30. The molecular weight excluding hydrogens is 236 g/mol. The van der Waals surface area contributed by atoms with Gasteiger partial charge in [0.05, 0.1) is 0 Å². The molecule has 1 aliphatic heterocycles. The summed E-state index contributed by atoms with van der Waals surface area (Å²) in [5.74, 6) is 0.799. The second-order valence-corrected chi connectivity index (χ2v) is 5.60. The smallest absolute Gasteiger partial charge is 0.224 e. The molecule has 1 aromatic carbocycles. The maximum absolute atomic E-state index is 11.9. The van der Waals surface area contributed by atoms with Gasteiger partial charge in [-0.05, 0) is 75.4 Å². The van der Waals surface area contributed by atoms with Crippen LogP contribution >= 0.6 is 0 Å². The van der Waals surface area contributed by atoms with E-state index < -0.39 is 0 Å². The van der Waals surface area contributed by atoms with Crippen LogP contribution in [0.2, 0.25) is 0 Å². The molecule has 0 spiro atoms. The highest BCUT2D eigenvalue weighted by Gasteiger charge is 2.14. The number of amides is 1. The predicted octanol–water partition coefficient (Wildman–Crippen LogP) is 3.02. The molecule has 1 aromatic rings. The third kappa shape index (κ3) is 4.35. The summed E-state index contributed by atoms with van der Waals surface area (Å²) in [6, 6.07) is 6.06. The normalized spacial score (nSPS) is 19.2. The topological polar surface area (TPSA) is 41.1 Å². The fraction of sp³-hybridized carbons (Fsp3) is 0.562. The minimum atomic E-state index is 0.133. The zero-order valence-electron chi connectivity index (χ0n) is 12.0. The van der Waals surface area contributed by atoms with Crippen LogP contribution < -0.4 is 10.6 Å². The minimum absolute atomic E-state index is 0.133. The van der Waals surface area contributed by atoms with Gasteiger partial charge in [0.15, 0.2) is 0 Å². The molecule has 0 saturated carbocycles. The van der Waals surface area contributed by atoms with Crippen molar-refractivity contribution in [2.24, 2.45) is 5.92 Å². The first-order chi connectivity index (χ1) is 9.15. The Kier molecular flexibility index (Phi) is 4.97. The van der Waals surface area contributed by atoms with Crippen molar-refractivity contribution in [1.29, 1.82) is 0 Å². The largest absolute Gasteiger partial charge is 0.326 e. The Morgan fingerprint density at radius 1 is 1.37 bits per heavy atom. The fourth-order valence-electron chi connectivity index (χ4n) is 2.55. The Hall–Kier alpha value is -1.35. The molecule has 1 amide bonds. The van der Waals surface area contributed by atoms with Gasteiger partial charge in [0.1, 0.15) is 0 Å². The summed E-state index contributed by atoms with van der Waals surface area (Å²) in [6.45, 7) is 6.35. The van der Waals surface area contributed by atoms with Crippen molar-refractivity contribution in [3.63, 3.8) is 0 Å². The van der Waals surface area contributed by atoms with Gasteiger partial charge in [-0.25, -0.2) is 0 Å². The maximum Gasteiger partial charge on any atom is 0.224 e. The molecular formula is C16H24N2O. The number of anilines is 1. The van der Waals surface area contributed by atoms with Crippen LogP contribution in [-0.4, -0.2) is 19.0 Å². The van der Waals surface area contributed by atoms with Crippen molar-refractivity contribution in [2.45, 2.75) is 39.5 Å². The summed E-state index contributed by atoms with van der Waals surface area (Å²) in [4.78, 5) is 11.9. The fourth-order valence-corrected chi connectivity index (χ4v) is 2.55. The number of aryl methyl sites for hydroxylation is 2. The van der Waals surface area contributed by atoms with Crippen LogP contribution in [0.15, 0.2) is 18.2 Å². The summed E-state index contributed by atoms with van der Waals surface area (Å²) < 4.78 is 0. The van der Waals surface area contributed by atoms with Gasteiger partial charge >= 0.3 is 0 Å². The van der Waals surface area contributed by atoms with E-state index in [-0.39, 0.29) is 5.91 Å². The first-order valence-electron chi connectivity index (χ1n) is 7.23. The van der Waals surface area contributed by atoms with Gasteiger partial charge in [0.25, 0.3) is 0 Å². The molecule has 19 heavy (non-hydrogen) atoms. The molecule has 1 aliphatic rings. The highest BCUT2D eigenvalue weighted by atomic mass is 16.1. The van der Waals surface area contributed by atoms with E-state index in [2.05, 4.69) is 30.5 Å². The summed E-state index contributed by atoms with van der Waals surface area (Å²) >= 11 is 0. The zero-order valence-corrected chi connectivity index (χ0v) is 12.0. The van der Waals surface area contributed by atoms with Crippen LogP contribution in [0.3, 0.4) is 0 Å². The van der Waals surface area contributed by atoms with Crippen LogP contribution in [0.4, 0.5) is 5.69 Å². The Bertz CT molecular complexity index is 436. The predicted molar refractivity (Wildman–Crippen MR) is 79.4 cm³/mol. The molecule has 0 aromatic heterocycles. The number of piperidine rings is 1. The lowest BCUT2D eigenvalue weighted by molar-refractivity contribution is -0.116. The first-order valence-corrected chi connectivity index (χ1v) is 7.23. The van der Waals surface area contributed by atoms with Crippen molar-refractivity contribution >= 4 is 11.6 Å². The Morgan fingerprint density at radius 3 is 2.89 bits per heavy atom. The monoisotopic (exact) mass is 260 g/mol. The maximum atomic E-state index is 11.9. The van der Waals surface area contributed by atoms with Gasteiger partial charge in [0.2, 0.25) is 5.91 Å². The highest BCUT2D eigenvalue weighted by Crippen LogP contribution is 2.18. The quantitative estimate of drug-likeness (QED) is 0.873. The molecule has 0 radical (unpaired) electrons. The van der Waals surface area contributed by atoms with E-state index in [1.165, 1.54) is 24.0 Å². The number of rotatable bonds is 4. The van der Waals surface area contributed by atoms with Crippen LogP contribution in [0.1, 0.15) is 36.8 Å². The number of hydrogen-bond donors (Lipinski definition) is 2. The van der Waals surface area contributed by atoms with Gasteiger partial charge in [0, 0.05) is 12.1 Å². The van der Waals surface area contributed by atoms with E-state index in [0.29, 0.717) is 12.3 Å². The van der Waals surface area contributed by atoms with Crippen LogP contribution in [0, 0.1) is 19.8 Å².